The van der Waals surface area contributed by atoms with E-state index in [1.165, 1.54) is 11.0 Å². The van der Waals surface area contributed by atoms with Gasteiger partial charge in [0.2, 0.25) is 5.91 Å². The summed E-state index contributed by atoms with van der Waals surface area (Å²) in [5, 5.41) is 4.49. The van der Waals surface area contributed by atoms with Gasteiger partial charge in [0, 0.05) is 28.2 Å². The topological polar surface area (TPSA) is 58.6 Å². The van der Waals surface area contributed by atoms with Gasteiger partial charge in [0.25, 0.3) is 5.91 Å². The first-order valence-electron chi connectivity index (χ1n) is 9.81. The van der Waals surface area contributed by atoms with Crippen molar-refractivity contribution in [3.8, 4) is 5.75 Å². The Hall–Kier alpha value is -1.66. The van der Waals surface area contributed by atoms with Crippen LogP contribution in [0.5, 0.6) is 5.75 Å². The van der Waals surface area contributed by atoms with Crippen molar-refractivity contribution in [2.45, 2.75) is 39.3 Å². The number of nitrogens with one attached hydrogen (secondary N) is 1. The summed E-state index contributed by atoms with van der Waals surface area (Å²) in [5.74, 6) is -0.324. The molecule has 0 bridgehead atoms. The van der Waals surface area contributed by atoms with Crippen LogP contribution in [0.3, 0.4) is 0 Å². The fourth-order valence-corrected chi connectivity index (χ4v) is 3.70. The standard InChI is InChI=1S/C22H24Cl4N2O3/c1-3-4-9-27-22(30)14(2)28(12-15-5-6-16(23)10-18(15)25)21(29)13-31-20-8-7-17(24)11-19(20)26/h5-8,10-11,14H,3-4,9,12-13H2,1-2H3,(H,27,30)/t14-/m0/s1. The summed E-state index contributed by atoms with van der Waals surface area (Å²) in [4.78, 5) is 27.1. The number of hydrogen-bond donors (Lipinski definition) is 1. The number of carbonyl (C=O) groups excluding carboxylic acids is 2. The van der Waals surface area contributed by atoms with E-state index in [9.17, 15) is 9.59 Å². The van der Waals surface area contributed by atoms with E-state index in [0.29, 0.717) is 32.9 Å². The molecular weight excluding hydrogens is 482 g/mol. The van der Waals surface area contributed by atoms with Crippen LogP contribution in [0.25, 0.3) is 0 Å². The van der Waals surface area contributed by atoms with Gasteiger partial charge in [0.05, 0.1) is 5.02 Å². The molecule has 0 heterocycles. The molecule has 2 aromatic carbocycles. The van der Waals surface area contributed by atoms with Gasteiger partial charge in [-0.3, -0.25) is 9.59 Å². The van der Waals surface area contributed by atoms with Crippen LogP contribution >= 0.6 is 46.4 Å². The molecule has 0 spiro atoms. The summed E-state index contributed by atoms with van der Waals surface area (Å²) in [5.41, 5.74) is 0.664. The number of hydrogen-bond acceptors (Lipinski definition) is 3. The van der Waals surface area contributed by atoms with Crippen LogP contribution < -0.4 is 10.1 Å². The first-order chi connectivity index (χ1) is 14.7. The van der Waals surface area contributed by atoms with Gasteiger partial charge in [-0.05, 0) is 49.2 Å². The van der Waals surface area contributed by atoms with Gasteiger partial charge >= 0.3 is 0 Å². The molecule has 0 aromatic heterocycles. The van der Waals surface area contributed by atoms with Gasteiger partial charge in [0.1, 0.15) is 11.8 Å². The lowest BCUT2D eigenvalue weighted by atomic mass is 10.1. The molecule has 31 heavy (non-hydrogen) atoms. The lowest BCUT2D eigenvalue weighted by Gasteiger charge is -2.29. The molecule has 2 amide bonds. The molecule has 1 atom stereocenters. The van der Waals surface area contributed by atoms with Gasteiger partial charge in [-0.15, -0.1) is 0 Å². The van der Waals surface area contributed by atoms with E-state index in [-0.39, 0.29) is 24.1 Å². The monoisotopic (exact) mass is 504 g/mol. The minimum absolute atomic E-state index is 0.120. The molecule has 0 fully saturated rings. The first kappa shape index (κ1) is 25.6. The van der Waals surface area contributed by atoms with Crippen molar-refractivity contribution in [3.63, 3.8) is 0 Å². The van der Waals surface area contributed by atoms with E-state index < -0.39 is 11.9 Å². The average Bonchev–Trinajstić information content (AvgIpc) is 2.72. The molecule has 0 aliphatic rings. The quantitative estimate of drug-likeness (QED) is 0.402. The number of ether oxygens (including phenoxy) is 1. The number of nitrogens with zero attached hydrogens (tertiary/aromatic N) is 1. The fraction of sp³-hybridized carbons (Fsp3) is 0.364. The Morgan fingerprint density at radius 1 is 1.03 bits per heavy atom. The molecule has 1 N–H and O–H groups in total. The Morgan fingerprint density at radius 3 is 2.29 bits per heavy atom. The highest BCUT2D eigenvalue weighted by molar-refractivity contribution is 6.35. The largest absolute Gasteiger partial charge is 0.482 e. The molecule has 2 aromatic rings. The van der Waals surface area contributed by atoms with Crippen LogP contribution in [0.2, 0.25) is 20.1 Å². The van der Waals surface area contributed by atoms with Crippen LogP contribution in [0.15, 0.2) is 36.4 Å². The molecular formula is C22H24Cl4N2O3. The van der Waals surface area contributed by atoms with Crippen molar-refractivity contribution in [1.29, 1.82) is 0 Å². The molecule has 0 radical (unpaired) electrons. The highest BCUT2D eigenvalue weighted by Crippen LogP contribution is 2.28. The van der Waals surface area contributed by atoms with Crippen molar-refractivity contribution in [3.05, 3.63) is 62.1 Å². The predicted octanol–water partition coefficient (Wildman–Crippen LogP) is 6.01. The van der Waals surface area contributed by atoms with E-state index in [4.69, 9.17) is 51.1 Å². The minimum atomic E-state index is -0.736. The number of unbranched alkanes of at least 4 members (excludes halogenated alkanes) is 1. The van der Waals surface area contributed by atoms with Gasteiger partial charge in [0.15, 0.2) is 6.61 Å². The lowest BCUT2D eigenvalue weighted by Crippen LogP contribution is -2.49. The second-order valence-corrected chi connectivity index (χ2v) is 8.63. The van der Waals surface area contributed by atoms with Crippen LogP contribution in [-0.4, -0.2) is 35.9 Å². The Morgan fingerprint density at radius 2 is 1.68 bits per heavy atom. The number of halogens is 4. The smallest absolute Gasteiger partial charge is 0.261 e. The second-order valence-electron chi connectivity index (χ2n) is 6.94. The number of carbonyl (C=O) groups is 2. The fourth-order valence-electron chi connectivity index (χ4n) is 2.77. The Kier molecular flexibility index (Phi) is 10.2. The number of rotatable bonds is 10. The maximum absolute atomic E-state index is 13.0. The van der Waals surface area contributed by atoms with Crippen LogP contribution in [0, 0.1) is 0 Å². The molecule has 2 rings (SSSR count). The predicted molar refractivity (Wildman–Crippen MR) is 126 cm³/mol. The Balaban J connectivity index is 2.18. The third kappa shape index (κ3) is 7.76. The normalized spacial score (nSPS) is 11.7. The van der Waals surface area contributed by atoms with E-state index in [1.807, 2.05) is 6.92 Å². The molecule has 5 nitrogen and oxygen atoms in total. The Labute approximate surface area is 202 Å². The molecule has 168 valence electrons. The van der Waals surface area contributed by atoms with Crippen molar-refractivity contribution >= 4 is 58.2 Å². The Bertz CT molecular complexity index is 924. The van der Waals surface area contributed by atoms with E-state index in [1.54, 1.807) is 37.3 Å². The molecule has 0 saturated carbocycles. The van der Waals surface area contributed by atoms with Crippen LogP contribution in [0.1, 0.15) is 32.3 Å². The van der Waals surface area contributed by atoms with E-state index >= 15 is 0 Å². The van der Waals surface area contributed by atoms with Crippen molar-refractivity contribution in [2.75, 3.05) is 13.2 Å². The third-order valence-electron chi connectivity index (χ3n) is 4.60. The molecule has 0 unspecified atom stereocenters. The zero-order valence-electron chi connectivity index (χ0n) is 17.3. The zero-order valence-corrected chi connectivity index (χ0v) is 20.3. The van der Waals surface area contributed by atoms with Gasteiger partial charge < -0.3 is 15.0 Å². The van der Waals surface area contributed by atoms with E-state index in [2.05, 4.69) is 5.32 Å². The molecule has 0 aliphatic heterocycles. The summed E-state index contributed by atoms with van der Waals surface area (Å²) >= 11 is 24.3. The summed E-state index contributed by atoms with van der Waals surface area (Å²) in [6.07, 6.45) is 1.81. The third-order valence-corrected chi connectivity index (χ3v) is 5.72. The number of amides is 2. The molecule has 0 aliphatic carbocycles. The maximum Gasteiger partial charge on any atom is 0.261 e. The first-order valence-corrected chi connectivity index (χ1v) is 11.3. The van der Waals surface area contributed by atoms with Crippen molar-refractivity contribution in [1.82, 2.24) is 10.2 Å². The van der Waals surface area contributed by atoms with Gasteiger partial charge in [-0.2, -0.15) is 0 Å². The second kappa shape index (κ2) is 12.4. The van der Waals surface area contributed by atoms with Crippen molar-refractivity contribution < 1.29 is 14.3 Å². The van der Waals surface area contributed by atoms with Gasteiger partial charge in [-0.25, -0.2) is 0 Å². The highest BCUT2D eigenvalue weighted by atomic mass is 35.5. The van der Waals surface area contributed by atoms with Gasteiger partial charge in [-0.1, -0.05) is 65.8 Å². The maximum atomic E-state index is 13.0. The van der Waals surface area contributed by atoms with E-state index in [0.717, 1.165) is 12.8 Å². The number of benzene rings is 2. The van der Waals surface area contributed by atoms with Crippen LogP contribution in [-0.2, 0) is 16.1 Å². The average molecular weight is 506 g/mol. The molecule has 0 saturated heterocycles. The lowest BCUT2D eigenvalue weighted by molar-refractivity contribution is -0.142. The SMILES string of the molecule is CCCCNC(=O)[C@H](C)N(Cc1ccc(Cl)cc1Cl)C(=O)COc1ccc(Cl)cc1Cl. The minimum Gasteiger partial charge on any atom is -0.482 e. The summed E-state index contributed by atoms with van der Waals surface area (Å²) in [7, 11) is 0. The molecule has 9 heteroatoms. The summed E-state index contributed by atoms with van der Waals surface area (Å²) < 4.78 is 5.58. The summed E-state index contributed by atoms with van der Waals surface area (Å²) in [6.45, 7) is 4.06. The summed E-state index contributed by atoms with van der Waals surface area (Å²) in [6, 6.07) is 8.99. The van der Waals surface area contributed by atoms with Crippen molar-refractivity contribution in [2.24, 2.45) is 0 Å². The highest BCUT2D eigenvalue weighted by Gasteiger charge is 2.27. The van der Waals surface area contributed by atoms with Crippen LogP contribution in [0.4, 0.5) is 0 Å². The zero-order chi connectivity index (χ0) is 23.0.